The molecule has 0 radical (unpaired) electrons. The van der Waals surface area contributed by atoms with Crippen LogP contribution in [0.5, 0.6) is 0 Å². The summed E-state index contributed by atoms with van der Waals surface area (Å²) in [6, 6.07) is 15.3. The topological polar surface area (TPSA) is 55.1 Å². The Hall–Kier alpha value is -2.13. The molecule has 2 aromatic carbocycles. The molecule has 0 aliphatic carbocycles. The van der Waals surface area contributed by atoms with Crippen molar-refractivity contribution in [1.29, 1.82) is 0 Å². The molecule has 3 N–H and O–H groups in total. The van der Waals surface area contributed by atoms with Crippen molar-refractivity contribution < 1.29 is 4.79 Å². The standard InChI is InChI=1S/C18H22N2O/c1-13-7-9-16(10-8-13)17(19)18(21)20-12-11-15-6-4-3-5-14(15)2/h3-10,17H,11-12,19H2,1-2H3,(H,20,21). The highest BCUT2D eigenvalue weighted by molar-refractivity contribution is 5.82. The Morgan fingerprint density at radius 2 is 1.76 bits per heavy atom. The Morgan fingerprint density at radius 1 is 1.10 bits per heavy atom. The zero-order valence-electron chi connectivity index (χ0n) is 12.6. The molecule has 0 aliphatic heterocycles. The van der Waals surface area contributed by atoms with Crippen LogP contribution in [0.2, 0.25) is 0 Å². The van der Waals surface area contributed by atoms with Gasteiger partial charge in [-0.15, -0.1) is 0 Å². The van der Waals surface area contributed by atoms with Crippen LogP contribution in [0.25, 0.3) is 0 Å². The van der Waals surface area contributed by atoms with Crippen molar-refractivity contribution in [2.75, 3.05) is 6.54 Å². The lowest BCUT2D eigenvalue weighted by Gasteiger charge is -2.13. The van der Waals surface area contributed by atoms with Crippen LogP contribution in [0.15, 0.2) is 48.5 Å². The number of benzene rings is 2. The predicted molar refractivity (Wildman–Crippen MR) is 86.0 cm³/mol. The van der Waals surface area contributed by atoms with Crippen LogP contribution in [0.1, 0.15) is 28.3 Å². The summed E-state index contributed by atoms with van der Waals surface area (Å²) in [5.41, 5.74) is 10.5. The first-order valence-corrected chi connectivity index (χ1v) is 7.22. The van der Waals surface area contributed by atoms with Crippen molar-refractivity contribution in [2.45, 2.75) is 26.3 Å². The van der Waals surface area contributed by atoms with Crippen molar-refractivity contribution in [3.63, 3.8) is 0 Å². The molecule has 0 spiro atoms. The van der Waals surface area contributed by atoms with Crippen molar-refractivity contribution in [1.82, 2.24) is 5.32 Å². The molecule has 110 valence electrons. The van der Waals surface area contributed by atoms with E-state index in [0.29, 0.717) is 6.54 Å². The molecule has 0 aliphatic rings. The van der Waals surface area contributed by atoms with Gasteiger partial charge in [0.1, 0.15) is 6.04 Å². The fraction of sp³-hybridized carbons (Fsp3) is 0.278. The summed E-state index contributed by atoms with van der Waals surface area (Å²) >= 11 is 0. The zero-order valence-corrected chi connectivity index (χ0v) is 12.6. The van der Waals surface area contributed by atoms with Crippen molar-refractivity contribution >= 4 is 5.91 Å². The van der Waals surface area contributed by atoms with Crippen molar-refractivity contribution in [2.24, 2.45) is 5.73 Å². The van der Waals surface area contributed by atoms with Gasteiger partial charge in [-0.05, 0) is 37.0 Å². The molecular formula is C18H22N2O. The van der Waals surface area contributed by atoms with Gasteiger partial charge in [0, 0.05) is 6.54 Å². The van der Waals surface area contributed by atoms with Gasteiger partial charge in [0.05, 0.1) is 0 Å². The fourth-order valence-electron chi connectivity index (χ4n) is 2.25. The van der Waals surface area contributed by atoms with Gasteiger partial charge in [-0.1, -0.05) is 54.1 Å². The van der Waals surface area contributed by atoms with E-state index < -0.39 is 6.04 Å². The number of amides is 1. The van der Waals surface area contributed by atoms with Crippen LogP contribution in [0.4, 0.5) is 0 Å². The molecule has 3 heteroatoms. The minimum absolute atomic E-state index is 0.132. The van der Waals surface area contributed by atoms with E-state index in [9.17, 15) is 4.79 Å². The second kappa shape index (κ2) is 7.04. The van der Waals surface area contributed by atoms with E-state index in [2.05, 4.69) is 24.4 Å². The summed E-state index contributed by atoms with van der Waals surface area (Å²) < 4.78 is 0. The van der Waals surface area contributed by atoms with Crippen LogP contribution >= 0.6 is 0 Å². The van der Waals surface area contributed by atoms with Crippen LogP contribution in [-0.2, 0) is 11.2 Å². The van der Waals surface area contributed by atoms with Gasteiger partial charge in [0.25, 0.3) is 0 Å². The van der Waals surface area contributed by atoms with E-state index >= 15 is 0 Å². The van der Waals surface area contributed by atoms with E-state index in [1.165, 1.54) is 11.1 Å². The van der Waals surface area contributed by atoms with E-state index in [4.69, 9.17) is 5.73 Å². The summed E-state index contributed by atoms with van der Waals surface area (Å²) in [6.45, 7) is 4.69. The minimum atomic E-state index is -0.609. The molecule has 2 rings (SSSR count). The molecule has 1 amide bonds. The quantitative estimate of drug-likeness (QED) is 0.886. The Bertz CT molecular complexity index is 605. The first kappa shape index (κ1) is 15.3. The number of hydrogen-bond acceptors (Lipinski definition) is 2. The SMILES string of the molecule is Cc1ccc(C(N)C(=O)NCCc2ccccc2C)cc1. The van der Waals surface area contributed by atoms with Crippen LogP contribution in [0.3, 0.4) is 0 Å². The van der Waals surface area contributed by atoms with E-state index in [0.717, 1.165) is 17.5 Å². The van der Waals surface area contributed by atoms with Gasteiger partial charge in [-0.3, -0.25) is 4.79 Å². The molecule has 3 nitrogen and oxygen atoms in total. The molecular weight excluding hydrogens is 260 g/mol. The second-order valence-electron chi connectivity index (χ2n) is 5.36. The second-order valence-corrected chi connectivity index (χ2v) is 5.36. The molecule has 21 heavy (non-hydrogen) atoms. The van der Waals surface area contributed by atoms with Crippen LogP contribution < -0.4 is 11.1 Å². The zero-order chi connectivity index (χ0) is 15.2. The number of aryl methyl sites for hydroxylation is 2. The number of nitrogens with two attached hydrogens (primary N) is 1. The first-order chi connectivity index (χ1) is 10.1. The number of carbonyl (C=O) groups excluding carboxylic acids is 1. The highest BCUT2D eigenvalue weighted by atomic mass is 16.2. The minimum Gasteiger partial charge on any atom is -0.354 e. The lowest BCUT2D eigenvalue weighted by Crippen LogP contribution is -2.35. The van der Waals surface area contributed by atoms with E-state index in [1.54, 1.807) is 0 Å². The lowest BCUT2D eigenvalue weighted by atomic mass is 10.0. The van der Waals surface area contributed by atoms with Crippen LogP contribution in [0, 0.1) is 13.8 Å². The van der Waals surface area contributed by atoms with Crippen LogP contribution in [-0.4, -0.2) is 12.5 Å². The summed E-state index contributed by atoms with van der Waals surface area (Å²) in [7, 11) is 0. The highest BCUT2D eigenvalue weighted by Crippen LogP contribution is 2.12. The number of hydrogen-bond donors (Lipinski definition) is 2. The smallest absolute Gasteiger partial charge is 0.241 e. The third kappa shape index (κ3) is 4.17. The number of nitrogens with one attached hydrogen (secondary N) is 1. The average molecular weight is 282 g/mol. The molecule has 0 aromatic heterocycles. The Kier molecular flexibility index (Phi) is 5.12. The average Bonchev–Trinajstić information content (AvgIpc) is 2.49. The molecule has 0 heterocycles. The van der Waals surface area contributed by atoms with Gasteiger partial charge >= 0.3 is 0 Å². The van der Waals surface area contributed by atoms with Gasteiger partial charge in [-0.2, -0.15) is 0 Å². The Balaban J connectivity index is 1.87. The van der Waals surface area contributed by atoms with Gasteiger partial charge in [-0.25, -0.2) is 0 Å². The molecule has 0 saturated heterocycles. The highest BCUT2D eigenvalue weighted by Gasteiger charge is 2.14. The molecule has 1 atom stereocenters. The summed E-state index contributed by atoms with van der Waals surface area (Å²) in [5.74, 6) is -0.132. The van der Waals surface area contributed by atoms with Gasteiger partial charge < -0.3 is 11.1 Å². The molecule has 0 saturated carbocycles. The van der Waals surface area contributed by atoms with Gasteiger partial charge in [0.15, 0.2) is 0 Å². The number of carbonyl (C=O) groups is 1. The molecule has 0 bridgehead atoms. The summed E-state index contributed by atoms with van der Waals surface area (Å²) in [4.78, 5) is 12.1. The maximum Gasteiger partial charge on any atom is 0.241 e. The molecule has 0 fully saturated rings. The summed E-state index contributed by atoms with van der Waals surface area (Å²) in [5, 5.41) is 2.91. The van der Waals surface area contributed by atoms with Crippen molar-refractivity contribution in [3.8, 4) is 0 Å². The fourth-order valence-corrected chi connectivity index (χ4v) is 2.25. The Morgan fingerprint density at radius 3 is 2.43 bits per heavy atom. The maximum absolute atomic E-state index is 12.1. The number of rotatable bonds is 5. The largest absolute Gasteiger partial charge is 0.354 e. The molecule has 2 aromatic rings. The lowest BCUT2D eigenvalue weighted by molar-refractivity contribution is -0.122. The van der Waals surface area contributed by atoms with Crippen molar-refractivity contribution in [3.05, 3.63) is 70.8 Å². The maximum atomic E-state index is 12.1. The molecule has 1 unspecified atom stereocenters. The predicted octanol–water partition coefficient (Wildman–Crippen LogP) is 2.66. The monoisotopic (exact) mass is 282 g/mol. The third-order valence-corrected chi connectivity index (χ3v) is 3.67. The van der Waals surface area contributed by atoms with E-state index in [-0.39, 0.29) is 5.91 Å². The Labute approximate surface area is 126 Å². The third-order valence-electron chi connectivity index (χ3n) is 3.67. The van der Waals surface area contributed by atoms with Gasteiger partial charge in [0.2, 0.25) is 5.91 Å². The normalized spacial score (nSPS) is 12.0. The van der Waals surface area contributed by atoms with E-state index in [1.807, 2.05) is 43.3 Å². The first-order valence-electron chi connectivity index (χ1n) is 7.22. The summed E-state index contributed by atoms with van der Waals surface area (Å²) in [6.07, 6.45) is 0.818.